The van der Waals surface area contributed by atoms with Crippen LogP contribution in [-0.2, 0) is 41.5 Å². The lowest BCUT2D eigenvalue weighted by Crippen LogP contribution is -2.61. The fourth-order valence-electron chi connectivity index (χ4n) is 4.96. The lowest BCUT2D eigenvalue weighted by Gasteiger charge is -2.38. The van der Waals surface area contributed by atoms with E-state index < -0.39 is 73.1 Å². The zero-order valence-corrected chi connectivity index (χ0v) is 21.9. The van der Waals surface area contributed by atoms with Gasteiger partial charge in [0.1, 0.15) is 30.9 Å². The highest BCUT2D eigenvalue weighted by Gasteiger charge is 2.49. The van der Waals surface area contributed by atoms with E-state index in [-0.39, 0.29) is 12.8 Å². The van der Waals surface area contributed by atoms with Gasteiger partial charge in [-0.25, -0.2) is 4.79 Å². The molecule has 13 heteroatoms. The number of aryl methyl sites for hydroxylation is 2. The summed E-state index contributed by atoms with van der Waals surface area (Å²) in [6.07, 6.45) is -8.44. The number of nitrogens with one attached hydrogen (secondary N) is 1. The molecule has 0 radical (unpaired) electrons. The van der Waals surface area contributed by atoms with Crippen molar-refractivity contribution in [2.75, 3.05) is 11.4 Å². The van der Waals surface area contributed by atoms with Crippen molar-refractivity contribution in [2.45, 2.75) is 68.5 Å². The summed E-state index contributed by atoms with van der Waals surface area (Å²) in [6, 6.07) is 14.1. The molecule has 1 unspecified atom stereocenters. The highest BCUT2D eigenvalue weighted by atomic mass is 16.7. The zero-order valence-electron chi connectivity index (χ0n) is 21.9. The summed E-state index contributed by atoms with van der Waals surface area (Å²) >= 11 is 0. The first-order chi connectivity index (χ1) is 19.6. The molecule has 1 amide bonds. The molecule has 0 saturated carbocycles. The number of aliphatic hydroxyl groups is 3. The molecule has 41 heavy (non-hydrogen) atoms. The van der Waals surface area contributed by atoms with Crippen LogP contribution in [0.15, 0.2) is 54.6 Å². The summed E-state index contributed by atoms with van der Waals surface area (Å²) in [6.45, 7) is -0.682. The molecule has 2 aliphatic heterocycles. The van der Waals surface area contributed by atoms with Gasteiger partial charge in [0.15, 0.2) is 6.10 Å². The van der Waals surface area contributed by atoms with E-state index in [0.29, 0.717) is 18.5 Å². The molecule has 2 heterocycles. The number of amides is 1. The maximum atomic E-state index is 13.7. The van der Waals surface area contributed by atoms with Gasteiger partial charge >= 0.3 is 17.9 Å². The number of rotatable bonds is 10. The van der Waals surface area contributed by atoms with Crippen molar-refractivity contribution in [3.8, 4) is 0 Å². The third-order valence-electron chi connectivity index (χ3n) is 7.16. The monoisotopic (exact) mass is 572 g/mol. The molecule has 2 aromatic carbocycles. The number of anilines is 1. The van der Waals surface area contributed by atoms with Crippen molar-refractivity contribution in [3.63, 3.8) is 0 Å². The first kappa shape index (κ1) is 30.1. The highest BCUT2D eigenvalue weighted by molar-refractivity contribution is 6.02. The van der Waals surface area contributed by atoms with Crippen molar-refractivity contribution in [3.05, 3.63) is 65.7 Å². The predicted octanol–water partition coefficient (Wildman–Crippen LogP) is -0.555. The average Bonchev–Trinajstić information content (AvgIpc) is 3.08. The van der Waals surface area contributed by atoms with Crippen molar-refractivity contribution >= 4 is 29.5 Å². The minimum atomic E-state index is -1.97. The van der Waals surface area contributed by atoms with Crippen LogP contribution in [0.2, 0.25) is 0 Å². The summed E-state index contributed by atoms with van der Waals surface area (Å²) in [5.41, 5.74) is 2.07. The van der Waals surface area contributed by atoms with E-state index in [1.165, 1.54) is 0 Å². The molecule has 2 aromatic rings. The van der Waals surface area contributed by atoms with Gasteiger partial charge in [-0.2, -0.15) is 0 Å². The van der Waals surface area contributed by atoms with E-state index in [0.717, 1.165) is 16.0 Å². The second kappa shape index (κ2) is 13.2. The van der Waals surface area contributed by atoms with Crippen molar-refractivity contribution in [1.29, 1.82) is 0 Å². The Bertz CT molecular complexity index is 1260. The normalized spacial score (nSPS) is 26.9. The van der Waals surface area contributed by atoms with Crippen LogP contribution >= 0.6 is 0 Å². The van der Waals surface area contributed by atoms with Gasteiger partial charge in [0.25, 0.3) is 0 Å². The SMILES string of the molecule is O=C(CN1C(=O)[C@@H](N[C@H](CCc2ccccc2)C(=O)O)CCc2ccccc21)O[C@H]1OC(C(=O)O)[C@H](O)[C@@H](O)[C@H]1O. The Morgan fingerprint density at radius 2 is 1.66 bits per heavy atom. The number of fused-ring (bicyclic) bond motifs is 1. The summed E-state index contributed by atoms with van der Waals surface area (Å²) in [4.78, 5) is 51.2. The largest absolute Gasteiger partial charge is 0.480 e. The molecule has 1 fully saturated rings. The van der Waals surface area contributed by atoms with Crippen LogP contribution in [0.3, 0.4) is 0 Å². The quantitative estimate of drug-likeness (QED) is 0.199. The number of para-hydroxylation sites is 1. The van der Waals surface area contributed by atoms with Gasteiger partial charge < -0.3 is 35.0 Å². The molecule has 2 aliphatic rings. The van der Waals surface area contributed by atoms with Gasteiger partial charge in [-0.15, -0.1) is 0 Å². The Morgan fingerprint density at radius 1 is 0.976 bits per heavy atom. The Hall–Kier alpha value is -3.88. The Labute approximate surface area is 234 Å². The molecular weight excluding hydrogens is 540 g/mol. The minimum absolute atomic E-state index is 0.216. The number of carboxylic acids is 2. The number of esters is 1. The summed E-state index contributed by atoms with van der Waals surface area (Å²) < 4.78 is 10.1. The Morgan fingerprint density at radius 3 is 2.34 bits per heavy atom. The number of aliphatic carboxylic acids is 2. The van der Waals surface area contributed by atoms with Crippen LogP contribution in [-0.4, -0.2) is 98.7 Å². The molecule has 0 bridgehead atoms. The van der Waals surface area contributed by atoms with E-state index in [1.54, 1.807) is 24.3 Å². The van der Waals surface area contributed by atoms with Crippen LogP contribution in [0.25, 0.3) is 0 Å². The van der Waals surface area contributed by atoms with Crippen molar-refractivity contribution in [2.24, 2.45) is 0 Å². The van der Waals surface area contributed by atoms with Crippen molar-refractivity contribution in [1.82, 2.24) is 5.32 Å². The summed E-state index contributed by atoms with van der Waals surface area (Å²) in [5, 5.41) is 52.1. The molecular formula is C28H32N2O11. The van der Waals surface area contributed by atoms with Crippen LogP contribution in [0.1, 0.15) is 24.0 Å². The van der Waals surface area contributed by atoms with Crippen LogP contribution in [0, 0.1) is 0 Å². The number of ether oxygens (including phenoxy) is 2. The molecule has 0 spiro atoms. The average molecular weight is 573 g/mol. The van der Waals surface area contributed by atoms with Crippen molar-refractivity contribution < 1.29 is 54.2 Å². The second-order valence-electron chi connectivity index (χ2n) is 9.95. The van der Waals surface area contributed by atoms with E-state index in [1.807, 2.05) is 30.3 Å². The van der Waals surface area contributed by atoms with E-state index >= 15 is 0 Å². The summed E-state index contributed by atoms with van der Waals surface area (Å²) in [5.74, 6) is -4.44. The maximum absolute atomic E-state index is 13.7. The smallest absolute Gasteiger partial charge is 0.335 e. The van der Waals surface area contributed by atoms with Gasteiger partial charge in [0.05, 0.1) is 6.04 Å². The van der Waals surface area contributed by atoms with Gasteiger partial charge in [0.2, 0.25) is 12.2 Å². The fourth-order valence-corrected chi connectivity index (χ4v) is 4.96. The molecule has 7 atom stereocenters. The highest BCUT2D eigenvalue weighted by Crippen LogP contribution is 2.28. The fraction of sp³-hybridized carbons (Fsp3) is 0.429. The lowest BCUT2D eigenvalue weighted by molar-refractivity contribution is -0.285. The lowest BCUT2D eigenvalue weighted by atomic mass is 9.99. The number of benzene rings is 2. The maximum Gasteiger partial charge on any atom is 0.335 e. The van der Waals surface area contributed by atoms with Gasteiger partial charge in [-0.3, -0.25) is 24.6 Å². The minimum Gasteiger partial charge on any atom is -0.480 e. The second-order valence-corrected chi connectivity index (χ2v) is 9.95. The molecule has 0 aliphatic carbocycles. The van der Waals surface area contributed by atoms with Crippen LogP contribution in [0.4, 0.5) is 5.69 Å². The predicted molar refractivity (Wildman–Crippen MR) is 141 cm³/mol. The van der Waals surface area contributed by atoms with E-state index in [9.17, 15) is 44.7 Å². The first-order valence-electron chi connectivity index (χ1n) is 13.1. The van der Waals surface area contributed by atoms with E-state index in [2.05, 4.69) is 5.32 Å². The summed E-state index contributed by atoms with van der Waals surface area (Å²) in [7, 11) is 0. The Balaban J connectivity index is 1.50. The standard InChI is InChI=1S/C28H32N2O11/c31-20(40-28-23(34)21(32)22(33)24(41-28)27(38)39)14-30-19-9-5-4-8-16(19)11-13-17(25(30)35)29-18(26(36)37)12-10-15-6-2-1-3-7-15/h1-9,17-18,21-24,28-29,32-34H,10-14H2,(H,36,37)(H,38,39)/t17-,18+,21+,22+,23+,24?,28-/m0/s1. The molecule has 0 aromatic heterocycles. The van der Waals surface area contributed by atoms with Gasteiger partial charge in [-0.05, 0) is 42.9 Å². The molecule has 13 nitrogen and oxygen atoms in total. The number of carbonyl (C=O) groups excluding carboxylic acids is 2. The molecule has 1 saturated heterocycles. The van der Waals surface area contributed by atoms with Crippen LogP contribution in [0.5, 0.6) is 0 Å². The van der Waals surface area contributed by atoms with Crippen LogP contribution < -0.4 is 10.2 Å². The van der Waals surface area contributed by atoms with E-state index in [4.69, 9.17) is 9.47 Å². The first-order valence-corrected chi connectivity index (χ1v) is 13.1. The number of aliphatic hydroxyl groups excluding tert-OH is 3. The molecule has 6 N–H and O–H groups in total. The third-order valence-corrected chi connectivity index (χ3v) is 7.16. The number of carbonyl (C=O) groups is 4. The number of hydrogen-bond donors (Lipinski definition) is 6. The molecule has 4 rings (SSSR count). The number of carboxylic acid groups (broad SMARTS) is 2. The van der Waals surface area contributed by atoms with Gasteiger partial charge in [0, 0.05) is 5.69 Å². The van der Waals surface area contributed by atoms with Gasteiger partial charge in [-0.1, -0.05) is 48.5 Å². The molecule has 220 valence electrons. The topological polar surface area (TPSA) is 203 Å². The number of hydrogen-bond acceptors (Lipinski definition) is 10. The Kier molecular flexibility index (Phi) is 9.68. The third kappa shape index (κ3) is 7.07. The zero-order chi connectivity index (χ0) is 29.7. The number of nitrogens with zero attached hydrogens (tertiary/aromatic N) is 1.